The first-order valence-electron chi connectivity index (χ1n) is 9.83. The van der Waals surface area contributed by atoms with Gasteiger partial charge >= 0.3 is 18.2 Å². The average Bonchev–Trinajstić information content (AvgIpc) is 2.65. The summed E-state index contributed by atoms with van der Waals surface area (Å²) >= 11 is 0. The maximum atomic E-state index is 12.7. The zero-order valence-electron chi connectivity index (χ0n) is 17.5. The second kappa shape index (κ2) is 10.1. The second-order valence-electron chi connectivity index (χ2n) is 7.88. The molecule has 0 aromatic heterocycles. The van der Waals surface area contributed by atoms with Gasteiger partial charge in [0, 0.05) is 6.54 Å². The maximum absolute atomic E-state index is 12.7. The molecule has 1 heterocycles. The maximum Gasteiger partial charge on any atom is 0.410 e. The van der Waals surface area contributed by atoms with Gasteiger partial charge in [-0.1, -0.05) is 30.3 Å². The molecular weight excluding hydrogens is 376 g/mol. The van der Waals surface area contributed by atoms with Gasteiger partial charge in [-0.05, 0) is 46.1 Å². The highest BCUT2D eigenvalue weighted by atomic mass is 16.6. The fraction of sp³-hybridized carbons (Fsp3) is 0.571. The molecule has 8 heteroatoms. The minimum absolute atomic E-state index is 0.0931. The van der Waals surface area contributed by atoms with E-state index in [-0.39, 0.29) is 25.8 Å². The number of nitrogens with zero attached hydrogens (tertiary/aromatic N) is 1. The lowest BCUT2D eigenvalue weighted by molar-refractivity contribution is -0.150. The van der Waals surface area contributed by atoms with Crippen LogP contribution in [0.2, 0.25) is 0 Å². The number of likely N-dealkylation sites (tertiary alicyclic amines) is 1. The molecule has 1 fully saturated rings. The largest absolute Gasteiger partial charge is 0.464 e. The third kappa shape index (κ3) is 7.29. The van der Waals surface area contributed by atoms with Crippen molar-refractivity contribution in [3.8, 4) is 0 Å². The molecule has 0 radical (unpaired) electrons. The Bertz CT molecular complexity index is 701. The van der Waals surface area contributed by atoms with Crippen LogP contribution in [0.4, 0.5) is 9.59 Å². The zero-order chi connectivity index (χ0) is 21.4. The van der Waals surface area contributed by atoms with Crippen molar-refractivity contribution < 1.29 is 28.6 Å². The number of ether oxygens (including phenoxy) is 3. The van der Waals surface area contributed by atoms with Gasteiger partial charge < -0.3 is 19.5 Å². The van der Waals surface area contributed by atoms with E-state index in [1.165, 1.54) is 4.90 Å². The standard InChI is InChI=1S/C21H30N2O6/c1-5-27-18(24)17-12-11-16(22-19(25)29-21(2,3)4)13-23(17)20(26)28-14-15-9-7-6-8-10-15/h6-10,16-17H,5,11-14H2,1-4H3,(H,22,25)/t16-,17-/m0/s1. The van der Waals surface area contributed by atoms with Gasteiger partial charge in [-0.2, -0.15) is 0 Å². The molecule has 0 saturated carbocycles. The summed E-state index contributed by atoms with van der Waals surface area (Å²) in [6.45, 7) is 7.49. The van der Waals surface area contributed by atoms with Crippen molar-refractivity contribution in [2.24, 2.45) is 0 Å². The monoisotopic (exact) mass is 406 g/mol. The summed E-state index contributed by atoms with van der Waals surface area (Å²) in [5.41, 5.74) is 0.217. The van der Waals surface area contributed by atoms with Crippen molar-refractivity contribution in [3.05, 3.63) is 35.9 Å². The van der Waals surface area contributed by atoms with Crippen LogP contribution in [-0.4, -0.2) is 53.9 Å². The fourth-order valence-electron chi connectivity index (χ4n) is 3.05. The number of alkyl carbamates (subject to hydrolysis) is 1. The Morgan fingerprint density at radius 1 is 1.10 bits per heavy atom. The number of piperidine rings is 1. The third-order valence-corrected chi connectivity index (χ3v) is 4.30. The van der Waals surface area contributed by atoms with E-state index in [1.807, 2.05) is 30.3 Å². The predicted octanol–water partition coefficient (Wildman–Crippen LogP) is 3.24. The lowest BCUT2D eigenvalue weighted by Gasteiger charge is -2.37. The van der Waals surface area contributed by atoms with Crippen molar-refractivity contribution in [1.82, 2.24) is 10.2 Å². The summed E-state index contributed by atoms with van der Waals surface area (Å²) in [7, 11) is 0. The smallest absolute Gasteiger partial charge is 0.410 e. The van der Waals surface area contributed by atoms with Crippen LogP contribution in [0.15, 0.2) is 30.3 Å². The normalized spacial score (nSPS) is 19.2. The quantitative estimate of drug-likeness (QED) is 0.596. The molecule has 1 N–H and O–H groups in total. The SMILES string of the molecule is CCOC(=O)[C@@H]1CC[C@H](NC(=O)OC(C)(C)C)CN1C(=O)OCc1ccccc1. The van der Waals surface area contributed by atoms with Crippen molar-refractivity contribution in [3.63, 3.8) is 0 Å². The van der Waals surface area contributed by atoms with Gasteiger partial charge in [-0.3, -0.25) is 4.90 Å². The van der Waals surface area contributed by atoms with Crippen LogP contribution >= 0.6 is 0 Å². The van der Waals surface area contributed by atoms with E-state index in [0.717, 1.165) is 5.56 Å². The highest BCUT2D eigenvalue weighted by Gasteiger charge is 2.38. The lowest BCUT2D eigenvalue weighted by Crippen LogP contribution is -2.57. The molecule has 1 aromatic carbocycles. The number of rotatable bonds is 5. The van der Waals surface area contributed by atoms with Crippen LogP contribution < -0.4 is 5.32 Å². The van der Waals surface area contributed by atoms with E-state index in [0.29, 0.717) is 12.8 Å². The minimum Gasteiger partial charge on any atom is -0.464 e. The second-order valence-corrected chi connectivity index (χ2v) is 7.88. The Labute approximate surface area is 171 Å². The first-order chi connectivity index (χ1) is 13.7. The van der Waals surface area contributed by atoms with E-state index in [2.05, 4.69) is 5.32 Å². The summed E-state index contributed by atoms with van der Waals surface area (Å²) in [6.07, 6.45) is -0.303. The number of carbonyl (C=O) groups is 3. The fourth-order valence-corrected chi connectivity index (χ4v) is 3.05. The molecule has 0 spiro atoms. The van der Waals surface area contributed by atoms with E-state index >= 15 is 0 Å². The number of esters is 1. The molecule has 1 saturated heterocycles. The minimum atomic E-state index is -0.741. The number of hydrogen-bond donors (Lipinski definition) is 1. The highest BCUT2D eigenvalue weighted by molar-refractivity contribution is 5.82. The molecule has 29 heavy (non-hydrogen) atoms. The van der Waals surface area contributed by atoms with Crippen LogP contribution in [0.3, 0.4) is 0 Å². The molecule has 1 aliphatic rings. The molecule has 2 amide bonds. The Morgan fingerprint density at radius 2 is 1.79 bits per heavy atom. The van der Waals surface area contributed by atoms with Gasteiger partial charge in [-0.15, -0.1) is 0 Å². The molecule has 2 rings (SSSR count). The van der Waals surface area contributed by atoms with Crippen LogP contribution in [0.5, 0.6) is 0 Å². The van der Waals surface area contributed by atoms with E-state index < -0.39 is 29.8 Å². The van der Waals surface area contributed by atoms with Crippen molar-refractivity contribution in [1.29, 1.82) is 0 Å². The van der Waals surface area contributed by atoms with Gasteiger partial charge in [0.05, 0.1) is 12.6 Å². The average molecular weight is 406 g/mol. The number of benzene rings is 1. The summed E-state index contributed by atoms with van der Waals surface area (Å²) in [5.74, 6) is -0.472. The molecule has 0 bridgehead atoms. The number of amides is 2. The summed E-state index contributed by atoms with van der Waals surface area (Å²) in [4.78, 5) is 38.4. The number of hydrogen-bond acceptors (Lipinski definition) is 6. The molecule has 1 aliphatic heterocycles. The van der Waals surface area contributed by atoms with Gasteiger partial charge in [-0.25, -0.2) is 14.4 Å². The number of carbonyl (C=O) groups excluding carboxylic acids is 3. The van der Waals surface area contributed by atoms with Crippen molar-refractivity contribution in [2.45, 2.75) is 64.8 Å². The summed E-state index contributed by atoms with van der Waals surface area (Å²) in [6, 6.07) is 8.19. The zero-order valence-corrected chi connectivity index (χ0v) is 17.5. The Morgan fingerprint density at radius 3 is 2.41 bits per heavy atom. The molecule has 160 valence electrons. The molecular formula is C21H30N2O6. The van der Waals surface area contributed by atoms with Crippen LogP contribution in [0, 0.1) is 0 Å². The Kier molecular flexibility index (Phi) is 7.87. The van der Waals surface area contributed by atoms with Crippen LogP contribution in [0.1, 0.15) is 46.1 Å². The van der Waals surface area contributed by atoms with E-state index in [4.69, 9.17) is 14.2 Å². The lowest BCUT2D eigenvalue weighted by atomic mass is 9.98. The summed E-state index contributed by atoms with van der Waals surface area (Å²) in [5, 5.41) is 2.76. The molecule has 0 unspecified atom stereocenters. The van der Waals surface area contributed by atoms with E-state index in [1.54, 1.807) is 27.7 Å². The van der Waals surface area contributed by atoms with Crippen LogP contribution in [-0.2, 0) is 25.6 Å². The third-order valence-electron chi connectivity index (χ3n) is 4.30. The predicted molar refractivity (Wildman–Crippen MR) is 106 cm³/mol. The van der Waals surface area contributed by atoms with Crippen molar-refractivity contribution in [2.75, 3.05) is 13.2 Å². The highest BCUT2D eigenvalue weighted by Crippen LogP contribution is 2.21. The Hall–Kier alpha value is -2.77. The van der Waals surface area contributed by atoms with Gasteiger partial charge in [0.15, 0.2) is 0 Å². The first kappa shape index (κ1) is 22.5. The topological polar surface area (TPSA) is 94.2 Å². The van der Waals surface area contributed by atoms with Crippen LogP contribution in [0.25, 0.3) is 0 Å². The van der Waals surface area contributed by atoms with E-state index in [9.17, 15) is 14.4 Å². The van der Waals surface area contributed by atoms with Crippen molar-refractivity contribution >= 4 is 18.2 Å². The number of nitrogens with one attached hydrogen (secondary N) is 1. The molecule has 0 aliphatic carbocycles. The Balaban J connectivity index is 2.03. The van der Waals surface area contributed by atoms with Gasteiger partial charge in [0.2, 0.25) is 0 Å². The van der Waals surface area contributed by atoms with Gasteiger partial charge in [0.25, 0.3) is 0 Å². The van der Waals surface area contributed by atoms with Gasteiger partial charge in [0.1, 0.15) is 18.2 Å². The first-order valence-corrected chi connectivity index (χ1v) is 9.83. The summed E-state index contributed by atoms with van der Waals surface area (Å²) < 4.78 is 15.8. The molecule has 8 nitrogen and oxygen atoms in total. The molecule has 2 atom stereocenters. The molecule has 1 aromatic rings.